The van der Waals surface area contributed by atoms with Crippen LogP contribution in [0.5, 0.6) is 0 Å². The van der Waals surface area contributed by atoms with Crippen molar-refractivity contribution in [3.8, 4) is 11.3 Å². The van der Waals surface area contributed by atoms with E-state index in [-0.39, 0.29) is 11.4 Å². The number of benzene rings is 1. The number of hydrogen-bond acceptors (Lipinski definition) is 4. The number of carboxylic acid groups (broad SMARTS) is 1. The molecule has 0 saturated heterocycles. The molecule has 5 nitrogen and oxygen atoms in total. The van der Waals surface area contributed by atoms with Gasteiger partial charge in [0.2, 0.25) is 0 Å². The van der Waals surface area contributed by atoms with Crippen LogP contribution in [0.2, 0.25) is 0 Å². The van der Waals surface area contributed by atoms with Crippen molar-refractivity contribution >= 4 is 22.6 Å². The molecule has 1 aromatic carbocycles. The van der Waals surface area contributed by atoms with Gasteiger partial charge in [-0.25, -0.2) is 14.2 Å². The van der Waals surface area contributed by atoms with Gasteiger partial charge in [-0.15, -0.1) is 11.3 Å². The van der Waals surface area contributed by atoms with E-state index in [2.05, 4.69) is 5.32 Å². The number of hydrogen-bond donors (Lipinski definition) is 2. The number of nitrogens with zero attached hydrogens (tertiary/aromatic N) is 2. The van der Waals surface area contributed by atoms with Gasteiger partial charge in [-0.1, -0.05) is 6.07 Å². The quantitative estimate of drug-likeness (QED) is 0.589. The topological polar surface area (TPSA) is 65.5 Å². The summed E-state index contributed by atoms with van der Waals surface area (Å²) >= 11 is 1.70. The standard InChI is InChI=1S/C24H32FN3O2S/c1-24(2,3)28(23(29)30)14-15-7-11-18(12-8-15)26-22-27-21-19-13-17(25)10-9-16(19)5-4-6-20(21)31-22/h9-10,13,15,18H,4-8,11-12,14H2,1-3H3,(H,26,27)(H,29,30). The number of aryl methyl sites for hydroxylation is 2. The number of halogens is 1. The molecule has 2 aromatic rings. The van der Waals surface area contributed by atoms with Gasteiger partial charge in [0.25, 0.3) is 0 Å². The molecule has 1 aromatic heterocycles. The first kappa shape index (κ1) is 22.1. The number of nitrogens with one attached hydrogen (secondary N) is 1. The van der Waals surface area contributed by atoms with Crippen molar-refractivity contribution in [2.24, 2.45) is 5.92 Å². The molecule has 2 aliphatic carbocycles. The lowest BCUT2D eigenvalue weighted by molar-refractivity contribution is 0.0826. The van der Waals surface area contributed by atoms with E-state index in [1.165, 1.54) is 10.4 Å². The van der Waals surface area contributed by atoms with E-state index in [4.69, 9.17) is 4.98 Å². The molecular weight excluding hydrogens is 413 g/mol. The molecule has 0 unspecified atom stereocenters. The summed E-state index contributed by atoms with van der Waals surface area (Å²) in [6.07, 6.45) is 6.21. The average molecular weight is 446 g/mol. The van der Waals surface area contributed by atoms with Crippen LogP contribution in [0.1, 0.15) is 63.3 Å². The third-order valence-electron chi connectivity index (χ3n) is 6.53. The van der Waals surface area contributed by atoms with Gasteiger partial charge in [-0.2, -0.15) is 0 Å². The summed E-state index contributed by atoms with van der Waals surface area (Å²) in [7, 11) is 0. The second-order valence-electron chi connectivity index (χ2n) is 9.87. The van der Waals surface area contributed by atoms with Crippen LogP contribution < -0.4 is 5.32 Å². The summed E-state index contributed by atoms with van der Waals surface area (Å²) in [5, 5.41) is 14.1. The second kappa shape index (κ2) is 8.77. The van der Waals surface area contributed by atoms with E-state index >= 15 is 0 Å². The molecule has 0 bridgehead atoms. The largest absolute Gasteiger partial charge is 0.465 e. The number of anilines is 1. The summed E-state index contributed by atoms with van der Waals surface area (Å²) in [5.74, 6) is 0.189. The van der Waals surface area contributed by atoms with Crippen LogP contribution in [0, 0.1) is 11.7 Å². The normalized spacial score (nSPS) is 21.0. The Morgan fingerprint density at radius 3 is 2.68 bits per heavy atom. The summed E-state index contributed by atoms with van der Waals surface area (Å²) in [6.45, 7) is 6.44. The Bertz CT molecular complexity index is 945. The predicted molar refractivity (Wildman–Crippen MR) is 123 cm³/mol. The van der Waals surface area contributed by atoms with Gasteiger partial charge in [0.15, 0.2) is 5.13 Å². The SMILES string of the molecule is CC(C)(C)N(CC1CCC(Nc2nc3c(s2)CCCc2ccc(F)cc2-3)CC1)C(=O)O. The van der Waals surface area contributed by atoms with E-state index in [9.17, 15) is 14.3 Å². The van der Waals surface area contributed by atoms with Crippen LogP contribution in [0.3, 0.4) is 0 Å². The van der Waals surface area contributed by atoms with Crippen molar-refractivity contribution in [1.82, 2.24) is 9.88 Å². The van der Waals surface area contributed by atoms with Crippen molar-refractivity contribution in [2.75, 3.05) is 11.9 Å². The maximum Gasteiger partial charge on any atom is 0.407 e. The molecule has 0 aliphatic heterocycles. The first-order chi connectivity index (χ1) is 14.7. The van der Waals surface area contributed by atoms with Gasteiger partial charge in [-0.05, 0) is 89.3 Å². The summed E-state index contributed by atoms with van der Waals surface area (Å²) in [6, 6.07) is 5.41. The molecule has 0 spiro atoms. The van der Waals surface area contributed by atoms with Crippen LogP contribution >= 0.6 is 11.3 Å². The lowest BCUT2D eigenvalue weighted by Gasteiger charge is -2.38. The Hall–Kier alpha value is -2.15. The number of fused-ring (bicyclic) bond motifs is 3. The number of rotatable bonds is 4. The maximum atomic E-state index is 13.9. The van der Waals surface area contributed by atoms with Gasteiger partial charge < -0.3 is 15.3 Å². The van der Waals surface area contributed by atoms with Crippen molar-refractivity contribution in [1.29, 1.82) is 0 Å². The summed E-state index contributed by atoms with van der Waals surface area (Å²) < 4.78 is 13.9. The lowest BCUT2D eigenvalue weighted by atomic mass is 9.85. The molecule has 4 rings (SSSR count). The third kappa shape index (κ3) is 5.03. The van der Waals surface area contributed by atoms with Crippen molar-refractivity contribution in [2.45, 2.75) is 77.3 Å². The molecular formula is C24H32FN3O2S. The van der Waals surface area contributed by atoms with Crippen LogP contribution in [-0.2, 0) is 12.8 Å². The van der Waals surface area contributed by atoms with Crippen LogP contribution in [0.15, 0.2) is 18.2 Å². The molecule has 1 amide bonds. The fraction of sp³-hybridized carbons (Fsp3) is 0.583. The van der Waals surface area contributed by atoms with E-state index < -0.39 is 6.09 Å². The minimum atomic E-state index is -0.839. The smallest absolute Gasteiger partial charge is 0.407 e. The Morgan fingerprint density at radius 1 is 1.26 bits per heavy atom. The minimum absolute atomic E-state index is 0.210. The van der Waals surface area contributed by atoms with E-state index in [1.54, 1.807) is 28.4 Å². The first-order valence-electron chi connectivity index (χ1n) is 11.3. The Morgan fingerprint density at radius 2 is 2.00 bits per heavy atom. The fourth-order valence-corrected chi connectivity index (χ4v) is 5.88. The fourth-order valence-electron chi connectivity index (χ4n) is 4.78. The molecule has 1 fully saturated rings. The predicted octanol–water partition coefficient (Wildman–Crippen LogP) is 6.19. The zero-order valence-electron chi connectivity index (χ0n) is 18.6. The monoisotopic (exact) mass is 445 g/mol. The van der Waals surface area contributed by atoms with Gasteiger partial charge in [0.1, 0.15) is 5.82 Å². The highest BCUT2D eigenvalue weighted by molar-refractivity contribution is 7.16. The summed E-state index contributed by atoms with van der Waals surface area (Å²) in [4.78, 5) is 19.3. The van der Waals surface area contributed by atoms with E-state index in [0.717, 1.165) is 61.3 Å². The summed E-state index contributed by atoms with van der Waals surface area (Å²) in [5.41, 5.74) is 2.68. The molecule has 1 heterocycles. The van der Waals surface area contributed by atoms with Gasteiger partial charge in [0, 0.05) is 28.6 Å². The first-order valence-corrected chi connectivity index (χ1v) is 12.1. The minimum Gasteiger partial charge on any atom is -0.465 e. The molecule has 0 atom stereocenters. The number of aromatic nitrogens is 1. The maximum absolute atomic E-state index is 13.9. The molecule has 2 aliphatic rings. The Labute approximate surface area is 187 Å². The molecule has 31 heavy (non-hydrogen) atoms. The number of carbonyl (C=O) groups is 1. The van der Waals surface area contributed by atoms with Crippen LogP contribution in [-0.4, -0.2) is 39.2 Å². The van der Waals surface area contributed by atoms with Gasteiger partial charge >= 0.3 is 6.09 Å². The highest BCUT2D eigenvalue weighted by Crippen LogP contribution is 2.38. The van der Waals surface area contributed by atoms with Gasteiger partial charge in [-0.3, -0.25) is 0 Å². The van der Waals surface area contributed by atoms with Crippen molar-refractivity contribution in [3.63, 3.8) is 0 Å². The zero-order valence-corrected chi connectivity index (χ0v) is 19.4. The van der Waals surface area contributed by atoms with E-state index in [1.807, 2.05) is 26.8 Å². The van der Waals surface area contributed by atoms with Crippen molar-refractivity contribution in [3.05, 3.63) is 34.5 Å². The number of amides is 1. The van der Waals surface area contributed by atoms with Crippen LogP contribution in [0.25, 0.3) is 11.3 Å². The Balaban J connectivity index is 1.39. The average Bonchev–Trinajstić information content (AvgIpc) is 3.02. The molecule has 7 heteroatoms. The molecule has 0 radical (unpaired) electrons. The highest BCUT2D eigenvalue weighted by Gasteiger charge is 2.31. The van der Waals surface area contributed by atoms with E-state index in [0.29, 0.717) is 18.5 Å². The highest BCUT2D eigenvalue weighted by atomic mass is 32.1. The lowest BCUT2D eigenvalue weighted by Crippen LogP contribution is -2.48. The zero-order chi connectivity index (χ0) is 22.2. The molecule has 1 saturated carbocycles. The third-order valence-corrected chi connectivity index (χ3v) is 7.58. The van der Waals surface area contributed by atoms with Crippen molar-refractivity contribution < 1.29 is 14.3 Å². The number of thiazole rings is 1. The Kier molecular flexibility index (Phi) is 6.24. The van der Waals surface area contributed by atoms with Gasteiger partial charge in [0.05, 0.1) is 5.69 Å². The van der Waals surface area contributed by atoms with Crippen LogP contribution in [0.4, 0.5) is 14.3 Å². The second-order valence-corrected chi connectivity index (χ2v) is 11.0. The molecule has 2 N–H and O–H groups in total. The molecule has 168 valence electrons.